The standard InChI is InChI=1S/C16H20BrN3O/c1-4-13(18)7-12-8-19-16(20-9-12)21-14-5-10(2)15(17)11(3)6-14/h5-6,8-9,13H,4,7,18H2,1-3H3. The highest BCUT2D eigenvalue weighted by Crippen LogP contribution is 2.28. The molecule has 5 heteroatoms. The summed E-state index contributed by atoms with van der Waals surface area (Å²) in [5.74, 6) is 0.742. The summed E-state index contributed by atoms with van der Waals surface area (Å²) >= 11 is 3.54. The van der Waals surface area contributed by atoms with Crippen LogP contribution in [0.5, 0.6) is 11.8 Å². The zero-order chi connectivity index (χ0) is 15.4. The van der Waals surface area contributed by atoms with Crippen LogP contribution in [0.25, 0.3) is 0 Å². The minimum atomic E-state index is 0.150. The van der Waals surface area contributed by atoms with E-state index in [1.54, 1.807) is 12.4 Å². The molecule has 1 aromatic heterocycles. The normalized spacial score (nSPS) is 12.2. The van der Waals surface area contributed by atoms with Crippen LogP contribution in [-0.4, -0.2) is 16.0 Å². The smallest absolute Gasteiger partial charge is 0.321 e. The Morgan fingerprint density at radius 1 is 1.19 bits per heavy atom. The maximum absolute atomic E-state index is 5.92. The summed E-state index contributed by atoms with van der Waals surface area (Å²) in [6.07, 6.45) is 5.27. The summed E-state index contributed by atoms with van der Waals surface area (Å²) in [5, 5.41) is 0. The predicted octanol–water partition coefficient (Wildman–Crippen LogP) is 3.93. The van der Waals surface area contributed by atoms with Gasteiger partial charge in [-0.15, -0.1) is 0 Å². The second kappa shape index (κ2) is 7.00. The van der Waals surface area contributed by atoms with Crippen molar-refractivity contribution in [2.45, 2.75) is 39.7 Å². The summed E-state index contributed by atoms with van der Waals surface area (Å²) in [5.41, 5.74) is 9.19. The van der Waals surface area contributed by atoms with Gasteiger partial charge < -0.3 is 10.5 Å². The second-order valence-corrected chi connectivity index (χ2v) is 6.01. The number of halogens is 1. The van der Waals surface area contributed by atoms with Crippen molar-refractivity contribution in [3.05, 3.63) is 45.7 Å². The molecule has 2 rings (SSSR count). The van der Waals surface area contributed by atoms with E-state index in [1.807, 2.05) is 26.0 Å². The van der Waals surface area contributed by atoms with Gasteiger partial charge in [0.2, 0.25) is 0 Å². The van der Waals surface area contributed by atoms with Crippen LogP contribution >= 0.6 is 15.9 Å². The van der Waals surface area contributed by atoms with Crippen molar-refractivity contribution < 1.29 is 4.74 Å². The fraction of sp³-hybridized carbons (Fsp3) is 0.375. The van der Waals surface area contributed by atoms with Crippen LogP contribution in [-0.2, 0) is 6.42 Å². The number of rotatable bonds is 5. The number of hydrogen-bond donors (Lipinski definition) is 1. The van der Waals surface area contributed by atoms with Crippen molar-refractivity contribution in [2.24, 2.45) is 5.73 Å². The molecule has 112 valence electrons. The van der Waals surface area contributed by atoms with Gasteiger partial charge in [0.25, 0.3) is 0 Å². The Balaban J connectivity index is 2.10. The van der Waals surface area contributed by atoms with E-state index in [0.29, 0.717) is 6.01 Å². The van der Waals surface area contributed by atoms with Crippen molar-refractivity contribution in [1.82, 2.24) is 9.97 Å². The molecule has 2 aromatic rings. The summed E-state index contributed by atoms with van der Waals surface area (Å²) in [6.45, 7) is 6.13. The van der Waals surface area contributed by atoms with E-state index >= 15 is 0 Å². The number of nitrogens with zero attached hydrogens (tertiary/aromatic N) is 2. The quantitative estimate of drug-likeness (QED) is 0.888. The number of nitrogens with two attached hydrogens (primary N) is 1. The highest BCUT2D eigenvalue weighted by atomic mass is 79.9. The van der Waals surface area contributed by atoms with Gasteiger partial charge in [0.1, 0.15) is 5.75 Å². The molecule has 0 amide bonds. The third kappa shape index (κ3) is 4.25. The molecule has 0 spiro atoms. The van der Waals surface area contributed by atoms with Gasteiger partial charge in [0.15, 0.2) is 0 Å². The van der Waals surface area contributed by atoms with E-state index in [4.69, 9.17) is 10.5 Å². The molecular weight excluding hydrogens is 330 g/mol. The Kier molecular flexibility index (Phi) is 5.31. The Hall–Kier alpha value is -1.46. The van der Waals surface area contributed by atoms with Gasteiger partial charge in [0, 0.05) is 22.9 Å². The average Bonchev–Trinajstić information content (AvgIpc) is 2.46. The Labute approximate surface area is 133 Å². The topological polar surface area (TPSA) is 61.0 Å². The van der Waals surface area contributed by atoms with Crippen molar-refractivity contribution in [3.8, 4) is 11.8 Å². The lowest BCUT2D eigenvalue weighted by molar-refractivity contribution is 0.440. The maximum Gasteiger partial charge on any atom is 0.321 e. The predicted molar refractivity (Wildman–Crippen MR) is 87.7 cm³/mol. The zero-order valence-corrected chi connectivity index (χ0v) is 14.1. The lowest BCUT2D eigenvalue weighted by Gasteiger charge is -2.10. The van der Waals surface area contributed by atoms with Crippen LogP contribution in [0.4, 0.5) is 0 Å². The van der Waals surface area contributed by atoms with Crippen LogP contribution < -0.4 is 10.5 Å². The number of aryl methyl sites for hydroxylation is 2. The lowest BCUT2D eigenvalue weighted by Crippen LogP contribution is -2.21. The maximum atomic E-state index is 5.92. The molecule has 0 fully saturated rings. The highest BCUT2D eigenvalue weighted by molar-refractivity contribution is 9.10. The molecular formula is C16H20BrN3O. The summed E-state index contributed by atoms with van der Waals surface area (Å²) in [7, 11) is 0. The van der Waals surface area contributed by atoms with E-state index in [2.05, 4.69) is 32.8 Å². The van der Waals surface area contributed by atoms with Crippen LogP contribution in [0.2, 0.25) is 0 Å². The molecule has 1 aromatic carbocycles. The van der Waals surface area contributed by atoms with Gasteiger partial charge in [0.05, 0.1) is 0 Å². The van der Waals surface area contributed by atoms with Crippen molar-refractivity contribution >= 4 is 15.9 Å². The van der Waals surface area contributed by atoms with E-state index in [-0.39, 0.29) is 6.04 Å². The van der Waals surface area contributed by atoms with Gasteiger partial charge in [-0.3, -0.25) is 0 Å². The van der Waals surface area contributed by atoms with Crippen LogP contribution in [0, 0.1) is 13.8 Å². The lowest BCUT2D eigenvalue weighted by atomic mass is 10.1. The molecule has 2 N–H and O–H groups in total. The molecule has 21 heavy (non-hydrogen) atoms. The van der Waals surface area contributed by atoms with Crippen LogP contribution in [0.15, 0.2) is 29.0 Å². The van der Waals surface area contributed by atoms with E-state index in [0.717, 1.165) is 39.8 Å². The first-order valence-corrected chi connectivity index (χ1v) is 7.80. The number of benzene rings is 1. The molecule has 0 saturated heterocycles. The molecule has 0 saturated carbocycles. The minimum absolute atomic E-state index is 0.150. The first-order valence-electron chi connectivity index (χ1n) is 7.00. The zero-order valence-electron chi connectivity index (χ0n) is 12.6. The molecule has 1 heterocycles. The van der Waals surface area contributed by atoms with E-state index < -0.39 is 0 Å². The Morgan fingerprint density at radius 2 is 1.76 bits per heavy atom. The molecule has 0 aliphatic rings. The Morgan fingerprint density at radius 3 is 2.29 bits per heavy atom. The van der Waals surface area contributed by atoms with E-state index in [1.165, 1.54) is 0 Å². The average molecular weight is 350 g/mol. The first-order chi connectivity index (χ1) is 9.99. The summed E-state index contributed by atoms with van der Waals surface area (Å²) < 4.78 is 6.80. The third-order valence-corrected chi connectivity index (χ3v) is 4.57. The molecule has 4 nitrogen and oxygen atoms in total. The first kappa shape index (κ1) is 15.9. The summed E-state index contributed by atoms with van der Waals surface area (Å²) in [4.78, 5) is 8.48. The van der Waals surface area contributed by atoms with Crippen molar-refractivity contribution in [1.29, 1.82) is 0 Å². The largest absolute Gasteiger partial charge is 0.424 e. The fourth-order valence-corrected chi connectivity index (χ4v) is 2.25. The van der Waals surface area contributed by atoms with Crippen LogP contribution in [0.1, 0.15) is 30.0 Å². The van der Waals surface area contributed by atoms with Crippen molar-refractivity contribution in [3.63, 3.8) is 0 Å². The molecule has 0 aliphatic carbocycles. The molecule has 0 aliphatic heterocycles. The molecule has 1 atom stereocenters. The third-order valence-electron chi connectivity index (χ3n) is 3.32. The molecule has 0 radical (unpaired) electrons. The molecule has 0 bridgehead atoms. The minimum Gasteiger partial charge on any atom is -0.424 e. The van der Waals surface area contributed by atoms with Gasteiger partial charge >= 0.3 is 6.01 Å². The second-order valence-electron chi connectivity index (χ2n) is 5.22. The van der Waals surface area contributed by atoms with E-state index in [9.17, 15) is 0 Å². The molecule has 1 unspecified atom stereocenters. The number of hydrogen-bond acceptors (Lipinski definition) is 4. The number of ether oxygens (including phenoxy) is 1. The monoisotopic (exact) mass is 349 g/mol. The Bertz CT molecular complexity index is 590. The fourth-order valence-electron chi connectivity index (χ4n) is 2.02. The number of aromatic nitrogens is 2. The summed E-state index contributed by atoms with van der Waals surface area (Å²) in [6, 6.07) is 4.42. The van der Waals surface area contributed by atoms with Gasteiger partial charge in [-0.05, 0) is 55.5 Å². The van der Waals surface area contributed by atoms with Gasteiger partial charge in [-0.1, -0.05) is 22.9 Å². The van der Waals surface area contributed by atoms with Gasteiger partial charge in [-0.25, -0.2) is 9.97 Å². The van der Waals surface area contributed by atoms with Crippen molar-refractivity contribution in [2.75, 3.05) is 0 Å². The highest BCUT2D eigenvalue weighted by Gasteiger charge is 2.07. The van der Waals surface area contributed by atoms with Gasteiger partial charge in [-0.2, -0.15) is 0 Å². The SMILES string of the molecule is CCC(N)Cc1cnc(Oc2cc(C)c(Br)c(C)c2)nc1. The van der Waals surface area contributed by atoms with Crippen LogP contribution in [0.3, 0.4) is 0 Å².